The van der Waals surface area contributed by atoms with Gasteiger partial charge in [0.2, 0.25) is 5.91 Å². The van der Waals surface area contributed by atoms with Gasteiger partial charge in [-0.05, 0) is 17.5 Å². The number of benzene rings is 1. The van der Waals surface area contributed by atoms with Crippen LogP contribution in [0.5, 0.6) is 0 Å². The number of hydrogen-bond acceptors (Lipinski definition) is 1. The van der Waals surface area contributed by atoms with Crippen molar-refractivity contribution in [3.8, 4) is 0 Å². The van der Waals surface area contributed by atoms with Crippen molar-refractivity contribution in [2.75, 3.05) is 5.88 Å². The van der Waals surface area contributed by atoms with Crippen molar-refractivity contribution in [3.63, 3.8) is 0 Å². The number of nitrogens with one attached hydrogen (secondary N) is 1. The lowest BCUT2D eigenvalue weighted by Crippen LogP contribution is -2.23. The number of alkyl halides is 1. The molecule has 1 rings (SSSR count). The van der Waals surface area contributed by atoms with Crippen LogP contribution in [-0.2, 0) is 17.8 Å². The molecule has 0 radical (unpaired) electrons. The van der Waals surface area contributed by atoms with Crippen LogP contribution in [0.4, 0.5) is 0 Å². The predicted octanol–water partition coefficient (Wildman–Crippen LogP) is 2.10. The normalized spacial score (nSPS) is 9.86. The Labute approximate surface area is 89.3 Å². The summed E-state index contributed by atoms with van der Waals surface area (Å²) in [6, 6.07) is 8.16. The van der Waals surface area contributed by atoms with Gasteiger partial charge in [-0.3, -0.25) is 4.79 Å². The summed E-state index contributed by atoms with van der Waals surface area (Å²) in [5, 5.41) is 2.73. The third kappa shape index (κ3) is 3.38. The topological polar surface area (TPSA) is 29.1 Å². The quantitative estimate of drug-likeness (QED) is 0.760. The molecule has 0 saturated carbocycles. The minimum Gasteiger partial charge on any atom is -0.351 e. The Morgan fingerprint density at radius 2 is 2.14 bits per heavy atom. The van der Waals surface area contributed by atoms with Crippen molar-refractivity contribution in [2.45, 2.75) is 19.9 Å². The van der Waals surface area contributed by atoms with E-state index in [1.165, 1.54) is 5.56 Å². The second-order valence-electron chi connectivity index (χ2n) is 3.08. The average molecular weight is 212 g/mol. The van der Waals surface area contributed by atoms with Gasteiger partial charge in [0.05, 0.1) is 0 Å². The van der Waals surface area contributed by atoms with Gasteiger partial charge in [-0.25, -0.2) is 0 Å². The molecular formula is C11H14ClNO. The summed E-state index contributed by atoms with van der Waals surface area (Å²) in [6.07, 6.45) is 1.01. The molecule has 0 aliphatic rings. The van der Waals surface area contributed by atoms with E-state index >= 15 is 0 Å². The van der Waals surface area contributed by atoms with Gasteiger partial charge in [0.25, 0.3) is 0 Å². The summed E-state index contributed by atoms with van der Waals surface area (Å²) in [4.78, 5) is 10.9. The lowest BCUT2D eigenvalue weighted by atomic mass is 10.1. The summed E-state index contributed by atoms with van der Waals surface area (Å²) in [7, 11) is 0. The van der Waals surface area contributed by atoms with Crippen LogP contribution in [0, 0.1) is 0 Å². The first kappa shape index (κ1) is 11.1. The predicted molar refractivity (Wildman–Crippen MR) is 58.4 cm³/mol. The summed E-state index contributed by atoms with van der Waals surface area (Å²) >= 11 is 5.36. The fraction of sp³-hybridized carbons (Fsp3) is 0.364. The summed E-state index contributed by atoms with van der Waals surface area (Å²) in [5.74, 6) is -0.110. The Bertz CT molecular complexity index is 312. The van der Waals surface area contributed by atoms with Gasteiger partial charge < -0.3 is 5.32 Å². The lowest BCUT2D eigenvalue weighted by Gasteiger charge is -2.04. The molecule has 0 aliphatic heterocycles. The highest BCUT2D eigenvalue weighted by atomic mass is 35.5. The minimum absolute atomic E-state index is 0.0213. The Morgan fingerprint density at radius 1 is 1.43 bits per heavy atom. The van der Waals surface area contributed by atoms with Crippen LogP contribution in [0.1, 0.15) is 18.1 Å². The first-order chi connectivity index (χ1) is 6.76. The number of rotatable bonds is 4. The van der Waals surface area contributed by atoms with Crippen molar-refractivity contribution in [2.24, 2.45) is 0 Å². The van der Waals surface area contributed by atoms with Gasteiger partial charge in [-0.15, -0.1) is 11.6 Å². The van der Waals surface area contributed by atoms with Gasteiger partial charge in [0.1, 0.15) is 5.88 Å². The number of carbonyl (C=O) groups excluding carboxylic acids is 1. The second-order valence-corrected chi connectivity index (χ2v) is 3.35. The summed E-state index contributed by atoms with van der Waals surface area (Å²) in [5.41, 5.74) is 2.39. The zero-order chi connectivity index (χ0) is 10.4. The third-order valence-corrected chi connectivity index (χ3v) is 2.25. The molecule has 1 aromatic carbocycles. The highest BCUT2D eigenvalue weighted by Crippen LogP contribution is 2.05. The summed E-state index contributed by atoms with van der Waals surface area (Å²) < 4.78 is 0. The molecule has 1 amide bonds. The van der Waals surface area contributed by atoms with E-state index in [-0.39, 0.29) is 11.8 Å². The van der Waals surface area contributed by atoms with Crippen molar-refractivity contribution in [1.82, 2.24) is 5.32 Å². The molecule has 2 nitrogen and oxygen atoms in total. The van der Waals surface area contributed by atoms with E-state index in [0.29, 0.717) is 6.54 Å². The summed E-state index contributed by atoms with van der Waals surface area (Å²) in [6.45, 7) is 2.66. The minimum atomic E-state index is -0.131. The van der Waals surface area contributed by atoms with Crippen LogP contribution < -0.4 is 5.32 Å². The Kier molecular flexibility index (Phi) is 4.47. The van der Waals surface area contributed by atoms with Crippen molar-refractivity contribution >= 4 is 17.5 Å². The molecule has 1 aromatic rings. The molecule has 0 spiro atoms. The lowest BCUT2D eigenvalue weighted by molar-refractivity contribution is -0.118. The molecule has 0 atom stereocenters. The van der Waals surface area contributed by atoms with Crippen LogP contribution >= 0.6 is 11.6 Å². The third-order valence-electron chi connectivity index (χ3n) is 2.01. The van der Waals surface area contributed by atoms with Crippen molar-refractivity contribution < 1.29 is 4.79 Å². The molecule has 1 N–H and O–H groups in total. The highest BCUT2D eigenvalue weighted by Gasteiger charge is 1.98. The molecule has 3 heteroatoms. The molecule has 14 heavy (non-hydrogen) atoms. The number of aryl methyl sites for hydroxylation is 1. The van der Waals surface area contributed by atoms with Gasteiger partial charge in [-0.1, -0.05) is 31.2 Å². The monoisotopic (exact) mass is 211 g/mol. The number of amides is 1. The zero-order valence-corrected chi connectivity index (χ0v) is 8.97. The SMILES string of the molecule is CCc1cccc(CNC(=O)CCl)c1. The number of carbonyl (C=O) groups is 1. The van der Waals surface area contributed by atoms with Crippen molar-refractivity contribution in [1.29, 1.82) is 0 Å². The molecule has 76 valence electrons. The fourth-order valence-electron chi connectivity index (χ4n) is 1.21. The first-order valence-corrected chi connectivity index (χ1v) is 5.20. The van der Waals surface area contributed by atoms with Crippen molar-refractivity contribution in [3.05, 3.63) is 35.4 Å². The number of halogens is 1. The van der Waals surface area contributed by atoms with E-state index in [4.69, 9.17) is 11.6 Å². The van der Waals surface area contributed by atoms with Crippen LogP contribution in [0.15, 0.2) is 24.3 Å². The standard InChI is InChI=1S/C11H14ClNO/c1-2-9-4-3-5-10(6-9)8-13-11(14)7-12/h3-6H,2,7-8H2,1H3,(H,13,14). The maximum atomic E-state index is 10.9. The average Bonchev–Trinajstić information content (AvgIpc) is 2.26. The molecule has 0 aromatic heterocycles. The number of hydrogen-bond donors (Lipinski definition) is 1. The Hall–Kier alpha value is -1.02. The molecule has 0 fully saturated rings. The fourth-order valence-corrected chi connectivity index (χ4v) is 1.30. The van der Waals surface area contributed by atoms with E-state index in [1.54, 1.807) is 0 Å². The smallest absolute Gasteiger partial charge is 0.235 e. The van der Waals surface area contributed by atoms with Gasteiger partial charge >= 0.3 is 0 Å². The van der Waals surface area contributed by atoms with Crippen LogP contribution in [0.2, 0.25) is 0 Å². The van der Waals surface area contributed by atoms with E-state index < -0.39 is 0 Å². The van der Waals surface area contributed by atoms with E-state index in [1.807, 2.05) is 12.1 Å². The maximum Gasteiger partial charge on any atom is 0.235 e. The molecule has 0 unspecified atom stereocenters. The van der Waals surface area contributed by atoms with Gasteiger partial charge in [0, 0.05) is 6.54 Å². The van der Waals surface area contributed by atoms with E-state index in [9.17, 15) is 4.79 Å². The largest absolute Gasteiger partial charge is 0.351 e. The van der Waals surface area contributed by atoms with Gasteiger partial charge in [-0.2, -0.15) is 0 Å². The van der Waals surface area contributed by atoms with Gasteiger partial charge in [0.15, 0.2) is 0 Å². The molecule has 0 heterocycles. The Balaban J connectivity index is 2.54. The van der Waals surface area contributed by atoms with E-state index in [2.05, 4.69) is 24.4 Å². The maximum absolute atomic E-state index is 10.9. The van der Waals surface area contributed by atoms with Crippen LogP contribution in [-0.4, -0.2) is 11.8 Å². The molecule has 0 saturated heterocycles. The van der Waals surface area contributed by atoms with E-state index in [0.717, 1.165) is 12.0 Å². The van der Waals surface area contributed by atoms with Crippen LogP contribution in [0.25, 0.3) is 0 Å². The zero-order valence-electron chi connectivity index (χ0n) is 8.22. The highest BCUT2D eigenvalue weighted by molar-refractivity contribution is 6.27. The van der Waals surface area contributed by atoms with Crippen LogP contribution in [0.3, 0.4) is 0 Å². The Morgan fingerprint density at radius 3 is 2.79 bits per heavy atom. The molecule has 0 aliphatic carbocycles. The second kappa shape index (κ2) is 5.66. The molecular weight excluding hydrogens is 198 g/mol. The molecule has 0 bridgehead atoms. The first-order valence-electron chi connectivity index (χ1n) is 4.66.